The fourth-order valence-corrected chi connectivity index (χ4v) is 1.29. The first-order valence-electron chi connectivity index (χ1n) is 4.40. The summed E-state index contributed by atoms with van der Waals surface area (Å²) in [6.45, 7) is 0. The molecule has 2 aromatic rings. The number of benzene rings is 2. The number of hydrogen-bond donors (Lipinski definition) is 0. The molecular formula is C13H11La-. The molecule has 0 aliphatic rings. The van der Waals surface area contributed by atoms with E-state index in [1.165, 1.54) is 11.1 Å². The fourth-order valence-electron chi connectivity index (χ4n) is 1.29. The van der Waals surface area contributed by atoms with E-state index in [2.05, 4.69) is 55.0 Å². The van der Waals surface area contributed by atoms with E-state index in [1.54, 1.807) is 0 Å². The Bertz CT molecular complexity index is 316. The van der Waals surface area contributed by atoms with Gasteiger partial charge in [0.2, 0.25) is 0 Å². The van der Waals surface area contributed by atoms with Crippen LogP contribution < -0.4 is 0 Å². The molecule has 67 valence electrons. The topological polar surface area (TPSA) is 0 Å². The van der Waals surface area contributed by atoms with Crippen LogP contribution in [0.25, 0.3) is 0 Å². The summed E-state index contributed by atoms with van der Waals surface area (Å²) < 4.78 is 0. The van der Waals surface area contributed by atoms with Crippen molar-refractivity contribution >= 4 is 0 Å². The molecule has 14 heavy (non-hydrogen) atoms. The molecule has 0 amide bonds. The summed E-state index contributed by atoms with van der Waals surface area (Å²) in [5.74, 6) is 0. The van der Waals surface area contributed by atoms with Crippen molar-refractivity contribution in [2.24, 2.45) is 0 Å². The van der Waals surface area contributed by atoms with Gasteiger partial charge in [-0.1, -0.05) is 36.4 Å². The smallest absolute Gasteiger partial charge is 0 e. The van der Waals surface area contributed by atoms with Gasteiger partial charge in [-0.3, -0.25) is 0 Å². The average molecular weight is 306 g/mol. The Labute approximate surface area is 113 Å². The number of rotatable bonds is 2. The molecule has 1 heteroatoms. The minimum absolute atomic E-state index is 0. The normalized spacial score (nSPS) is 8.86. The molecule has 0 saturated carbocycles. The number of hydrogen-bond acceptors (Lipinski definition) is 0. The predicted octanol–water partition coefficient (Wildman–Crippen LogP) is 3.29. The van der Waals surface area contributed by atoms with Crippen LogP contribution in [0.5, 0.6) is 0 Å². The average Bonchev–Trinajstić information content (AvgIpc) is 2.21. The Kier molecular flexibility index (Phi) is 5.03. The minimum atomic E-state index is 0. The van der Waals surface area contributed by atoms with Gasteiger partial charge in [0.15, 0.2) is 0 Å². The maximum atomic E-state index is 2.17. The first-order chi connectivity index (χ1) is 6.45. The third-order valence-electron chi connectivity index (χ3n) is 1.93. The molecular weight excluding hydrogens is 295 g/mol. The SMILES string of the molecule is [La].c1ccc([CH-]c2ccccc2)cc1. The molecule has 0 bridgehead atoms. The minimum Gasteiger partial charge on any atom is -0.126 e. The van der Waals surface area contributed by atoms with E-state index in [0.29, 0.717) is 0 Å². The van der Waals surface area contributed by atoms with Crippen LogP contribution in [0.2, 0.25) is 0 Å². The molecule has 2 rings (SSSR count). The quantitative estimate of drug-likeness (QED) is 0.747. The Balaban J connectivity index is 0.000000980. The molecule has 0 aromatic heterocycles. The summed E-state index contributed by atoms with van der Waals surface area (Å²) in [5, 5.41) is 0. The molecule has 0 N–H and O–H groups in total. The van der Waals surface area contributed by atoms with E-state index in [-0.39, 0.29) is 35.6 Å². The van der Waals surface area contributed by atoms with Gasteiger partial charge < -0.3 is 0 Å². The van der Waals surface area contributed by atoms with E-state index in [9.17, 15) is 0 Å². The Morgan fingerprint density at radius 1 is 0.571 bits per heavy atom. The second-order valence-electron chi connectivity index (χ2n) is 2.97. The van der Waals surface area contributed by atoms with E-state index in [1.807, 2.05) is 12.1 Å². The summed E-state index contributed by atoms with van der Waals surface area (Å²) in [6, 6.07) is 20.7. The van der Waals surface area contributed by atoms with Crippen molar-refractivity contribution in [1.29, 1.82) is 0 Å². The van der Waals surface area contributed by atoms with Crippen molar-refractivity contribution in [1.82, 2.24) is 0 Å². The monoisotopic (exact) mass is 306 g/mol. The molecule has 0 nitrogen and oxygen atoms in total. The summed E-state index contributed by atoms with van der Waals surface area (Å²) in [6.07, 6.45) is 2.17. The molecule has 0 fully saturated rings. The predicted molar refractivity (Wildman–Crippen MR) is 55.4 cm³/mol. The Hall–Kier alpha value is -0.495. The van der Waals surface area contributed by atoms with Gasteiger partial charge >= 0.3 is 0 Å². The van der Waals surface area contributed by atoms with Gasteiger partial charge in [0, 0.05) is 35.6 Å². The van der Waals surface area contributed by atoms with Crippen molar-refractivity contribution in [3.05, 3.63) is 78.2 Å². The summed E-state index contributed by atoms with van der Waals surface area (Å²) >= 11 is 0. The molecule has 0 atom stereocenters. The zero-order valence-electron chi connectivity index (χ0n) is 7.93. The van der Waals surface area contributed by atoms with Crippen LogP contribution in [0.1, 0.15) is 11.1 Å². The summed E-state index contributed by atoms with van der Waals surface area (Å²) in [7, 11) is 0. The van der Waals surface area contributed by atoms with Crippen LogP contribution in [0.15, 0.2) is 60.7 Å². The van der Waals surface area contributed by atoms with Gasteiger partial charge in [-0.25, -0.2) is 0 Å². The molecule has 2 aromatic carbocycles. The molecule has 0 aliphatic carbocycles. The maximum absolute atomic E-state index is 2.17. The van der Waals surface area contributed by atoms with Gasteiger partial charge in [-0.15, -0.1) is 41.8 Å². The molecule has 0 saturated heterocycles. The van der Waals surface area contributed by atoms with Crippen LogP contribution >= 0.6 is 0 Å². The third-order valence-corrected chi connectivity index (χ3v) is 1.93. The standard InChI is InChI=1S/C13H11.La/c1-3-7-12(8-4-1)11-13-9-5-2-6-10-13;/h1-11H;/q-1;. The van der Waals surface area contributed by atoms with E-state index in [0.717, 1.165) is 0 Å². The Morgan fingerprint density at radius 3 is 1.29 bits per heavy atom. The van der Waals surface area contributed by atoms with Gasteiger partial charge in [0.1, 0.15) is 0 Å². The zero-order valence-corrected chi connectivity index (χ0v) is 11.6. The van der Waals surface area contributed by atoms with Crippen molar-refractivity contribution in [3.63, 3.8) is 0 Å². The molecule has 0 heterocycles. The van der Waals surface area contributed by atoms with Gasteiger partial charge in [-0.2, -0.15) is 0 Å². The van der Waals surface area contributed by atoms with Crippen molar-refractivity contribution in [2.45, 2.75) is 0 Å². The van der Waals surface area contributed by atoms with Gasteiger partial charge in [0.05, 0.1) is 0 Å². The van der Waals surface area contributed by atoms with Crippen molar-refractivity contribution in [3.8, 4) is 0 Å². The fraction of sp³-hybridized carbons (Fsp3) is 0. The summed E-state index contributed by atoms with van der Waals surface area (Å²) in [5.41, 5.74) is 2.49. The molecule has 1 radical (unpaired) electrons. The molecule has 0 unspecified atom stereocenters. The molecule has 0 spiro atoms. The first-order valence-corrected chi connectivity index (χ1v) is 4.40. The van der Waals surface area contributed by atoms with E-state index >= 15 is 0 Å². The van der Waals surface area contributed by atoms with Crippen LogP contribution in [0, 0.1) is 42.0 Å². The largest absolute Gasteiger partial charge is 0.126 e. The van der Waals surface area contributed by atoms with E-state index < -0.39 is 0 Å². The third kappa shape index (κ3) is 3.34. The zero-order chi connectivity index (χ0) is 8.93. The second-order valence-corrected chi connectivity index (χ2v) is 2.97. The van der Waals surface area contributed by atoms with Crippen LogP contribution in [0.4, 0.5) is 0 Å². The van der Waals surface area contributed by atoms with Gasteiger partial charge in [-0.05, 0) is 0 Å². The van der Waals surface area contributed by atoms with E-state index in [4.69, 9.17) is 0 Å². The van der Waals surface area contributed by atoms with Crippen LogP contribution in [-0.4, -0.2) is 0 Å². The first kappa shape index (κ1) is 11.6. The maximum Gasteiger partial charge on any atom is 0 e. The van der Waals surface area contributed by atoms with Crippen molar-refractivity contribution < 1.29 is 35.6 Å². The van der Waals surface area contributed by atoms with Crippen LogP contribution in [0.3, 0.4) is 0 Å². The summed E-state index contributed by atoms with van der Waals surface area (Å²) in [4.78, 5) is 0. The second kappa shape index (κ2) is 6.08. The Morgan fingerprint density at radius 2 is 0.929 bits per heavy atom. The van der Waals surface area contributed by atoms with Gasteiger partial charge in [0.25, 0.3) is 0 Å². The van der Waals surface area contributed by atoms with Crippen molar-refractivity contribution in [2.75, 3.05) is 0 Å². The molecule has 0 aliphatic heterocycles. The van der Waals surface area contributed by atoms with Crippen LogP contribution in [-0.2, 0) is 0 Å².